The van der Waals surface area contributed by atoms with Crippen molar-refractivity contribution in [1.29, 1.82) is 0 Å². The van der Waals surface area contributed by atoms with E-state index in [2.05, 4.69) is 54.3 Å². The van der Waals surface area contributed by atoms with Crippen molar-refractivity contribution >= 4 is 28.3 Å². The van der Waals surface area contributed by atoms with Crippen LogP contribution in [0.4, 0.5) is 0 Å². The first-order valence-electron chi connectivity index (χ1n) is 15.6. The van der Waals surface area contributed by atoms with Gasteiger partial charge in [0.05, 0.1) is 32.4 Å². The molecule has 3 rings (SSSR count). The normalized spacial score (nSPS) is 21.9. The molecule has 7 nitrogen and oxygen atoms in total. The zero-order valence-electron chi connectivity index (χ0n) is 27.4. The van der Waals surface area contributed by atoms with Crippen LogP contribution in [0.5, 0.6) is 11.5 Å². The van der Waals surface area contributed by atoms with Crippen molar-refractivity contribution in [2.45, 2.75) is 102 Å². The highest BCUT2D eigenvalue weighted by Crippen LogP contribution is 2.61. The van der Waals surface area contributed by atoms with Crippen molar-refractivity contribution in [3.8, 4) is 11.5 Å². The SMILES string of the molecule is CC(CCOC(=O)c1ccc(O)cc1)CC1(C)CC[Si]1(C)OC(C)(C)[Si](C)(C)CC(C)CCOC(=O)c1ccc(O)cc1. The summed E-state index contributed by atoms with van der Waals surface area (Å²) in [6.07, 6.45) is 3.85. The number of benzene rings is 2. The molecule has 2 aromatic carbocycles. The fraction of sp³-hybridized carbons (Fsp3) is 0.588. The van der Waals surface area contributed by atoms with E-state index in [-0.39, 0.29) is 33.7 Å². The number of esters is 2. The molecule has 1 aliphatic heterocycles. The Kier molecular flexibility index (Phi) is 11.3. The van der Waals surface area contributed by atoms with Gasteiger partial charge in [0, 0.05) is 5.22 Å². The molecule has 9 heteroatoms. The maximum absolute atomic E-state index is 12.3. The van der Waals surface area contributed by atoms with Crippen LogP contribution in [0.1, 0.15) is 81.0 Å². The van der Waals surface area contributed by atoms with Crippen molar-refractivity contribution in [3.63, 3.8) is 0 Å². The van der Waals surface area contributed by atoms with Crippen LogP contribution in [0.15, 0.2) is 48.5 Å². The average Bonchev–Trinajstić information content (AvgIpc) is 2.92. The van der Waals surface area contributed by atoms with E-state index in [1.54, 1.807) is 24.3 Å². The zero-order valence-corrected chi connectivity index (χ0v) is 29.4. The maximum Gasteiger partial charge on any atom is 0.338 e. The van der Waals surface area contributed by atoms with Gasteiger partial charge in [-0.3, -0.25) is 0 Å². The molecule has 238 valence electrons. The lowest BCUT2D eigenvalue weighted by atomic mass is 9.91. The lowest BCUT2D eigenvalue weighted by Crippen LogP contribution is -2.64. The van der Waals surface area contributed by atoms with E-state index >= 15 is 0 Å². The van der Waals surface area contributed by atoms with Crippen LogP contribution in [0, 0.1) is 11.8 Å². The number of ether oxygens (including phenoxy) is 2. The van der Waals surface area contributed by atoms with Crippen LogP contribution >= 0.6 is 0 Å². The van der Waals surface area contributed by atoms with Crippen LogP contribution in [0.25, 0.3) is 0 Å². The minimum absolute atomic E-state index is 0.126. The molecular formula is C34H52O7Si2. The molecule has 0 aromatic heterocycles. The Balaban J connectivity index is 1.47. The molecule has 0 saturated carbocycles. The maximum atomic E-state index is 12.3. The first kappa shape index (κ1) is 34.9. The second-order valence-electron chi connectivity index (χ2n) is 14.3. The van der Waals surface area contributed by atoms with Gasteiger partial charge >= 0.3 is 11.9 Å². The molecule has 2 aromatic rings. The van der Waals surface area contributed by atoms with Crippen LogP contribution in [-0.4, -0.2) is 57.0 Å². The quantitative estimate of drug-likeness (QED) is 0.151. The smallest absolute Gasteiger partial charge is 0.338 e. The number of carbonyl (C=O) groups excluding carboxylic acids is 2. The summed E-state index contributed by atoms with van der Waals surface area (Å²) < 4.78 is 18.3. The Morgan fingerprint density at radius 1 is 0.884 bits per heavy atom. The van der Waals surface area contributed by atoms with Gasteiger partial charge in [-0.2, -0.15) is 0 Å². The Morgan fingerprint density at radius 3 is 1.74 bits per heavy atom. The van der Waals surface area contributed by atoms with Gasteiger partial charge in [0.2, 0.25) is 0 Å². The highest BCUT2D eigenvalue weighted by Gasteiger charge is 2.60. The zero-order chi connectivity index (χ0) is 32.1. The van der Waals surface area contributed by atoms with Gasteiger partial charge in [0.15, 0.2) is 8.32 Å². The minimum Gasteiger partial charge on any atom is -0.508 e. The third-order valence-corrected chi connectivity index (χ3v) is 20.5. The molecule has 1 heterocycles. The van der Waals surface area contributed by atoms with E-state index in [0.717, 1.165) is 25.3 Å². The Hall–Kier alpha value is -2.63. The molecule has 1 aliphatic rings. The topological polar surface area (TPSA) is 102 Å². The Morgan fingerprint density at radius 2 is 1.33 bits per heavy atom. The summed E-state index contributed by atoms with van der Waals surface area (Å²) in [5.74, 6) is 0.349. The van der Waals surface area contributed by atoms with Crippen LogP contribution in [0.3, 0.4) is 0 Å². The summed E-state index contributed by atoms with van der Waals surface area (Å²) >= 11 is 0. The van der Waals surface area contributed by atoms with Gasteiger partial charge in [-0.25, -0.2) is 9.59 Å². The molecular weight excluding hydrogens is 577 g/mol. The molecule has 1 fully saturated rings. The monoisotopic (exact) mass is 628 g/mol. The number of rotatable bonds is 15. The van der Waals surface area contributed by atoms with E-state index in [1.165, 1.54) is 36.7 Å². The number of carbonyl (C=O) groups is 2. The first-order valence-corrected chi connectivity index (χ1v) is 21.4. The van der Waals surface area contributed by atoms with Gasteiger partial charge in [0.1, 0.15) is 11.5 Å². The van der Waals surface area contributed by atoms with E-state index < -0.39 is 16.4 Å². The van der Waals surface area contributed by atoms with Crippen molar-refractivity contribution in [1.82, 2.24) is 0 Å². The second-order valence-corrected chi connectivity index (χ2v) is 24.1. The largest absolute Gasteiger partial charge is 0.508 e. The van der Waals surface area contributed by atoms with Gasteiger partial charge < -0.3 is 24.1 Å². The highest BCUT2D eigenvalue weighted by molar-refractivity contribution is 6.83. The van der Waals surface area contributed by atoms with Gasteiger partial charge in [-0.1, -0.05) is 39.9 Å². The number of aromatic hydroxyl groups is 2. The first-order chi connectivity index (χ1) is 20.0. The summed E-state index contributed by atoms with van der Waals surface area (Å²) in [6.45, 7) is 19.5. The number of phenolic OH excluding ortho intramolecular Hbond substituents is 2. The van der Waals surface area contributed by atoms with E-state index in [9.17, 15) is 19.8 Å². The lowest BCUT2D eigenvalue weighted by molar-refractivity contribution is 0.0473. The molecule has 0 spiro atoms. The molecule has 0 bridgehead atoms. The number of hydrogen-bond donors (Lipinski definition) is 2. The van der Waals surface area contributed by atoms with E-state index in [1.807, 2.05) is 0 Å². The molecule has 4 unspecified atom stereocenters. The summed E-state index contributed by atoms with van der Waals surface area (Å²) in [7, 11) is -3.83. The molecule has 43 heavy (non-hydrogen) atoms. The minimum atomic E-state index is -1.99. The van der Waals surface area contributed by atoms with Crippen molar-refractivity contribution < 1.29 is 33.7 Å². The Bertz CT molecular complexity index is 1140. The lowest BCUT2D eigenvalue weighted by Gasteiger charge is -2.59. The molecule has 1 saturated heterocycles. The molecule has 0 amide bonds. The molecule has 4 atom stereocenters. The highest BCUT2D eigenvalue weighted by atomic mass is 28.4. The standard InChI is InChI=1S/C34H52O7Si2/c1-25(17-20-39-31(37)27-9-13-29(35)14-10-27)23-34(5)19-22-43(34,8)41-33(3,4)42(6,7)24-26(2)18-21-40-32(38)28-11-15-30(36)16-12-28/h9-16,25-26,35-36H,17-24H2,1-8H3. The summed E-state index contributed by atoms with van der Waals surface area (Å²) in [5, 5.41) is 18.9. The van der Waals surface area contributed by atoms with Gasteiger partial charge in [-0.15, -0.1) is 0 Å². The molecule has 0 aliphatic carbocycles. The predicted octanol–water partition coefficient (Wildman–Crippen LogP) is 8.34. The van der Waals surface area contributed by atoms with Crippen LogP contribution in [0.2, 0.25) is 36.8 Å². The van der Waals surface area contributed by atoms with Gasteiger partial charge in [-0.05, 0) is 118 Å². The third-order valence-electron chi connectivity index (χ3n) is 10.1. The molecule has 2 N–H and O–H groups in total. The average molecular weight is 629 g/mol. The van der Waals surface area contributed by atoms with E-state index in [4.69, 9.17) is 13.9 Å². The Labute approximate surface area is 260 Å². The van der Waals surface area contributed by atoms with Gasteiger partial charge in [0.25, 0.3) is 0 Å². The van der Waals surface area contributed by atoms with Crippen LogP contribution < -0.4 is 0 Å². The number of hydrogen-bond acceptors (Lipinski definition) is 7. The van der Waals surface area contributed by atoms with E-state index in [0.29, 0.717) is 36.2 Å². The van der Waals surface area contributed by atoms with Crippen molar-refractivity contribution in [2.75, 3.05) is 13.2 Å². The number of phenols is 2. The third kappa shape index (κ3) is 8.95. The summed E-state index contributed by atoms with van der Waals surface area (Å²) in [5.41, 5.74) is 0.893. The summed E-state index contributed by atoms with van der Waals surface area (Å²) in [6, 6.07) is 14.5. The van der Waals surface area contributed by atoms with Crippen molar-refractivity contribution in [3.05, 3.63) is 59.7 Å². The summed E-state index contributed by atoms with van der Waals surface area (Å²) in [4.78, 5) is 24.7. The van der Waals surface area contributed by atoms with Crippen molar-refractivity contribution in [2.24, 2.45) is 11.8 Å². The fourth-order valence-electron chi connectivity index (χ4n) is 6.25. The second kappa shape index (κ2) is 14.0. The predicted molar refractivity (Wildman–Crippen MR) is 176 cm³/mol. The van der Waals surface area contributed by atoms with Crippen LogP contribution in [-0.2, 0) is 13.9 Å². The fourth-order valence-corrected chi connectivity index (χ4v) is 14.5. The molecule has 0 radical (unpaired) electrons.